The van der Waals surface area contributed by atoms with Crippen LogP contribution in [0.2, 0.25) is 0 Å². The second kappa shape index (κ2) is 5.77. The van der Waals surface area contributed by atoms with Gasteiger partial charge in [0.05, 0.1) is 12.4 Å². The first kappa shape index (κ1) is 13.6. The Bertz CT molecular complexity index is 496. The van der Waals surface area contributed by atoms with E-state index in [1.165, 1.54) is 12.1 Å². The van der Waals surface area contributed by atoms with Gasteiger partial charge < -0.3 is 4.74 Å². The Morgan fingerprint density at radius 3 is 2.65 bits per heavy atom. The van der Waals surface area contributed by atoms with Crippen molar-refractivity contribution >= 4 is 16.1 Å². The summed E-state index contributed by atoms with van der Waals surface area (Å²) in [4.78, 5) is 10.4. The summed E-state index contributed by atoms with van der Waals surface area (Å²) in [5.74, 6) is -0.612. The summed E-state index contributed by atoms with van der Waals surface area (Å²) in [5, 5.41) is 0. The summed E-state index contributed by atoms with van der Waals surface area (Å²) >= 11 is 0. The van der Waals surface area contributed by atoms with Gasteiger partial charge in [-0.15, -0.1) is 0 Å². The van der Waals surface area contributed by atoms with Gasteiger partial charge in [0, 0.05) is 11.8 Å². The van der Waals surface area contributed by atoms with Crippen LogP contribution < -0.4 is 4.74 Å². The van der Waals surface area contributed by atoms with Gasteiger partial charge in [0.2, 0.25) is 0 Å². The zero-order valence-corrected chi connectivity index (χ0v) is 10.2. The van der Waals surface area contributed by atoms with Gasteiger partial charge in [0.15, 0.2) is 11.6 Å². The molecule has 94 valence electrons. The Morgan fingerprint density at radius 2 is 2.12 bits per heavy atom. The predicted molar refractivity (Wildman–Crippen MR) is 61.6 cm³/mol. The fraction of sp³-hybridized carbons (Fsp3) is 0.364. The van der Waals surface area contributed by atoms with E-state index in [2.05, 4.69) is 0 Å². The molecule has 0 bridgehead atoms. The second-order valence-corrected chi connectivity index (χ2v) is 5.90. The van der Waals surface area contributed by atoms with Crippen molar-refractivity contribution in [1.29, 1.82) is 0 Å². The Balaban J connectivity index is 2.50. The van der Waals surface area contributed by atoms with Crippen molar-refractivity contribution in [3.8, 4) is 5.75 Å². The summed E-state index contributed by atoms with van der Waals surface area (Å²) in [6, 6.07) is 3.85. The molecule has 1 aromatic carbocycles. The Labute approximate surface area is 99.3 Å². The zero-order valence-electron chi connectivity index (χ0n) is 9.35. The summed E-state index contributed by atoms with van der Waals surface area (Å²) in [5.41, 5.74) is 0.228. The zero-order chi connectivity index (χ0) is 12.9. The van der Waals surface area contributed by atoms with E-state index in [4.69, 9.17) is 4.74 Å². The maximum Gasteiger partial charge on any atom is 0.165 e. The SMILES string of the molecule is CS(=O)(=O)CCCOc1ccc(C=O)cc1F. The lowest BCUT2D eigenvalue weighted by atomic mass is 10.2. The van der Waals surface area contributed by atoms with Crippen LogP contribution in [0.15, 0.2) is 18.2 Å². The van der Waals surface area contributed by atoms with Crippen molar-refractivity contribution in [2.75, 3.05) is 18.6 Å². The first-order valence-electron chi connectivity index (χ1n) is 4.97. The van der Waals surface area contributed by atoms with E-state index in [0.29, 0.717) is 12.7 Å². The molecule has 6 heteroatoms. The molecule has 0 aromatic heterocycles. The molecular formula is C11H13FO4S. The number of aldehydes is 1. The van der Waals surface area contributed by atoms with Crippen LogP contribution in [0.5, 0.6) is 5.75 Å². The molecule has 0 atom stereocenters. The molecule has 1 rings (SSSR count). The van der Waals surface area contributed by atoms with Crippen LogP contribution in [-0.2, 0) is 9.84 Å². The molecule has 0 aliphatic rings. The van der Waals surface area contributed by atoms with Gasteiger partial charge in [-0.2, -0.15) is 0 Å². The molecule has 0 saturated heterocycles. The second-order valence-electron chi connectivity index (χ2n) is 3.64. The molecule has 4 nitrogen and oxygen atoms in total. The fourth-order valence-corrected chi connectivity index (χ4v) is 1.85. The third kappa shape index (κ3) is 4.95. The summed E-state index contributed by atoms with van der Waals surface area (Å²) in [6.07, 6.45) is 1.97. The number of hydrogen-bond donors (Lipinski definition) is 0. The highest BCUT2D eigenvalue weighted by Crippen LogP contribution is 2.17. The maximum absolute atomic E-state index is 13.3. The van der Waals surface area contributed by atoms with Gasteiger partial charge in [-0.25, -0.2) is 12.8 Å². The van der Waals surface area contributed by atoms with E-state index >= 15 is 0 Å². The third-order valence-electron chi connectivity index (χ3n) is 2.01. The van der Waals surface area contributed by atoms with Crippen LogP contribution in [0.25, 0.3) is 0 Å². The van der Waals surface area contributed by atoms with E-state index in [0.717, 1.165) is 12.3 Å². The minimum Gasteiger partial charge on any atom is -0.490 e. The van der Waals surface area contributed by atoms with Crippen molar-refractivity contribution in [3.63, 3.8) is 0 Å². The van der Waals surface area contributed by atoms with Gasteiger partial charge in [-0.3, -0.25) is 4.79 Å². The lowest BCUT2D eigenvalue weighted by Gasteiger charge is -2.06. The molecule has 0 heterocycles. The lowest BCUT2D eigenvalue weighted by molar-refractivity contribution is 0.112. The predicted octanol–water partition coefficient (Wildman–Crippen LogP) is 1.45. The van der Waals surface area contributed by atoms with E-state index in [1.807, 2.05) is 0 Å². The Morgan fingerprint density at radius 1 is 1.41 bits per heavy atom. The molecule has 0 fully saturated rings. The van der Waals surface area contributed by atoms with E-state index in [1.54, 1.807) is 0 Å². The minimum atomic E-state index is -3.02. The van der Waals surface area contributed by atoms with Crippen molar-refractivity contribution in [2.24, 2.45) is 0 Å². The standard InChI is InChI=1S/C11H13FO4S/c1-17(14,15)6-2-5-16-11-4-3-9(8-13)7-10(11)12/h3-4,7-8H,2,5-6H2,1H3. The van der Waals surface area contributed by atoms with Crippen molar-refractivity contribution in [1.82, 2.24) is 0 Å². The number of sulfone groups is 1. The first-order valence-corrected chi connectivity index (χ1v) is 7.03. The largest absolute Gasteiger partial charge is 0.490 e. The van der Waals surface area contributed by atoms with Gasteiger partial charge in [-0.05, 0) is 24.6 Å². The molecule has 0 unspecified atom stereocenters. The molecule has 17 heavy (non-hydrogen) atoms. The summed E-state index contributed by atoms with van der Waals surface area (Å²) in [7, 11) is -3.02. The van der Waals surface area contributed by atoms with Crippen molar-refractivity contribution in [2.45, 2.75) is 6.42 Å². The molecule has 0 spiro atoms. The van der Waals surface area contributed by atoms with Crippen LogP contribution >= 0.6 is 0 Å². The number of benzene rings is 1. The molecule has 0 N–H and O–H groups in total. The van der Waals surface area contributed by atoms with Gasteiger partial charge in [-0.1, -0.05) is 0 Å². The molecular weight excluding hydrogens is 247 g/mol. The average Bonchev–Trinajstić information content (AvgIpc) is 2.24. The summed E-state index contributed by atoms with van der Waals surface area (Å²) in [6.45, 7) is 0.116. The Kier molecular flexibility index (Phi) is 4.62. The number of hydrogen-bond acceptors (Lipinski definition) is 4. The van der Waals surface area contributed by atoms with E-state index in [-0.39, 0.29) is 23.7 Å². The highest BCUT2D eigenvalue weighted by molar-refractivity contribution is 7.90. The number of rotatable bonds is 6. The molecule has 1 aromatic rings. The van der Waals surface area contributed by atoms with Crippen molar-refractivity contribution < 1.29 is 22.3 Å². The smallest absolute Gasteiger partial charge is 0.165 e. The number of halogens is 1. The molecule has 0 amide bonds. The minimum absolute atomic E-state index is 0.00103. The van der Waals surface area contributed by atoms with Crippen LogP contribution in [0, 0.1) is 5.82 Å². The third-order valence-corrected chi connectivity index (χ3v) is 3.04. The maximum atomic E-state index is 13.3. The van der Waals surface area contributed by atoms with E-state index < -0.39 is 15.7 Å². The quantitative estimate of drug-likeness (QED) is 0.574. The lowest BCUT2D eigenvalue weighted by Crippen LogP contribution is -2.08. The summed E-state index contributed by atoms with van der Waals surface area (Å²) < 4.78 is 40.0. The van der Waals surface area contributed by atoms with Gasteiger partial charge >= 0.3 is 0 Å². The molecule has 0 saturated carbocycles. The fourth-order valence-electron chi connectivity index (χ4n) is 1.21. The molecule has 0 radical (unpaired) electrons. The van der Waals surface area contributed by atoms with Crippen LogP contribution in [0.1, 0.15) is 16.8 Å². The number of carbonyl (C=O) groups excluding carboxylic acids is 1. The first-order chi connectivity index (χ1) is 7.92. The Hall–Kier alpha value is -1.43. The topological polar surface area (TPSA) is 60.4 Å². The normalized spacial score (nSPS) is 11.2. The highest BCUT2D eigenvalue weighted by Gasteiger charge is 2.06. The highest BCUT2D eigenvalue weighted by atomic mass is 32.2. The monoisotopic (exact) mass is 260 g/mol. The average molecular weight is 260 g/mol. The van der Waals surface area contributed by atoms with E-state index in [9.17, 15) is 17.6 Å². The van der Waals surface area contributed by atoms with Crippen LogP contribution in [-0.4, -0.2) is 33.3 Å². The molecule has 0 aliphatic heterocycles. The molecule has 0 aliphatic carbocycles. The van der Waals surface area contributed by atoms with Crippen LogP contribution in [0.3, 0.4) is 0 Å². The van der Waals surface area contributed by atoms with Gasteiger partial charge in [0.1, 0.15) is 16.1 Å². The number of carbonyl (C=O) groups is 1. The van der Waals surface area contributed by atoms with Gasteiger partial charge in [0.25, 0.3) is 0 Å². The number of ether oxygens (including phenoxy) is 1. The van der Waals surface area contributed by atoms with Crippen LogP contribution in [0.4, 0.5) is 4.39 Å². The van der Waals surface area contributed by atoms with Crippen molar-refractivity contribution in [3.05, 3.63) is 29.6 Å².